The summed E-state index contributed by atoms with van der Waals surface area (Å²) in [6.07, 6.45) is 10.5. The second kappa shape index (κ2) is 9.38. The molecule has 4 nitrogen and oxygen atoms in total. The van der Waals surface area contributed by atoms with Crippen LogP contribution in [0, 0.1) is 24.6 Å². The molecule has 2 fully saturated rings. The van der Waals surface area contributed by atoms with Gasteiger partial charge in [-0.2, -0.15) is 13.2 Å². The van der Waals surface area contributed by atoms with E-state index in [9.17, 15) is 17.6 Å². The van der Waals surface area contributed by atoms with Crippen molar-refractivity contribution in [2.75, 3.05) is 7.11 Å². The summed E-state index contributed by atoms with van der Waals surface area (Å²) in [7, 11) is 1.21. The van der Waals surface area contributed by atoms with Gasteiger partial charge in [0.25, 0.3) is 0 Å². The highest BCUT2D eigenvalue weighted by atomic mass is 19.4. The average Bonchev–Trinajstić information content (AvgIpc) is 3.68. The van der Waals surface area contributed by atoms with E-state index in [1.807, 2.05) is 12.1 Å². The third-order valence-electron chi connectivity index (χ3n) is 5.20. The Balaban J connectivity index is 0.000000190. The molecule has 5 rings (SSSR count). The lowest BCUT2D eigenvalue weighted by Gasteiger charge is -2.12. The summed E-state index contributed by atoms with van der Waals surface area (Å²) < 4.78 is 57.8. The van der Waals surface area contributed by atoms with Crippen LogP contribution in [0.3, 0.4) is 0 Å². The van der Waals surface area contributed by atoms with Gasteiger partial charge in [-0.25, -0.2) is 4.39 Å². The lowest BCUT2D eigenvalue weighted by molar-refractivity contribution is -0.137. The number of benzene rings is 1. The molecule has 0 spiro atoms. The third-order valence-corrected chi connectivity index (χ3v) is 5.20. The second-order valence-electron chi connectivity index (χ2n) is 7.54. The molecule has 0 aliphatic heterocycles. The van der Waals surface area contributed by atoms with Crippen LogP contribution in [0.2, 0.25) is 0 Å². The maximum Gasteiger partial charge on any atom is 0.423 e. The molecule has 2 heterocycles. The van der Waals surface area contributed by atoms with Gasteiger partial charge in [-0.1, -0.05) is 12.1 Å². The van der Waals surface area contributed by atoms with Crippen LogP contribution >= 0.6 is 0 Å². The van der Waals surface area contributed by atoms with Gasteiger partial charge in [0, 0.05) is 12.6 Å². The number of nitrogens with zero attached hydrogens (tertiary/aromatic N) is 3. The first-order valence-corrected chi connectivity index (χ1v) is 9.93. The molecule has 164 valence electrons. The molecule has 0 atom stereocenters. The average molecular weight is 433 g/mol. The van der Waals surface area contributed by atoms with Gasteiger partial charge < -0.3 is 4.74 Å². The zero-order valence-corrected chi connectivity index (χ0v) is 17.1. The highest BCUT2D eigenvalue weighted by Gasteiger charge is 2.38. The second-order valence-corrected chi connectivity index (χ2v) is 7.54. The van der Waals surface area contributed by atoms with Crippen LogP contribution in [0.1, 0.15) is 48.6 Å². The van der Waals surface area contributed by atoms with E-state index in [2.05, 4.69) is 23.0 Å². The van der Waals surface area contributed by atoms with Crippen molar-refractivity contribution in [2.45, 2.75) is 44.2 Å². The number of aromatic nitrogens is 3. The smallest absolute Gasteiger partial charge is 0.423 e. The van der Waals surface area contributed by atoms with E-state index in [4.69, 9.17) is 4.74 Å². The summed E-state index contributed by atoms with van der Waals surface area (Å²) in [6, 6.07) is 8.14. The molecule has 0 radical (unpaired) electrons. The van der Waals surface area contributed by atoms with Crippen molar-refractivity contribution in [1.29, 1.82) is 0 Å². The topological polar surface area (TPSA) is 39.4 Å². The molecule has 2 aromatic heterocycles. The maximum atomic E-state index is 13.1. The number of fused-ring (bicyclic) bond motifs is 1. The normalized spacial score (nSPS) is 15.5. The van der Waals surface area contributed by atoms with Gasteiger partial charge in [0.15, 0.2) is 5.65 Å². The minimum atomic E-state index is -4.52. The Morgan fingerprint density at radius 2 is 1.68 bits per heavy atom. The van der Waals surface area contributed by atoms with E-state index in [0.29, 0.717) is 18.2 Å². The van der Waals surface area contributed by atoms with E-state index in [1.165, 1.54) is 54.3 Å². The molecule has 3 aromatic rings. The molecule has 8 heteroatoms. The maximum absolute atomic E-state index is 13.1. The molecule has 0 bridgehead atoms. The number of alkyl halides is 3. The minimum absolute atomic E-state index is 0.135. The van der Waals surface area contributed by atoms with E-state index in [-0.39, 0.29) is 17.2 Å². The van der Waals surface area contributed by atoms with Crippen LogP contribution in [0.25, 0.3) is 5.65 Å². The molecule has 2 saturated carbocycles. The largest absolute Gasteiger partial charge is 0.496 e. The van der Waals surface area contributed by atoms with Gasteiger partial charge in [-0.3, -0.25) is 4.40 Å². The molecular weight excluding hydrogens is 410 g/mol. The predicted molar refractivity (Wildman–Crippen MR) is 109 cm³/mol. The van der Waals surface area contributed by atoms with Gasteiger partial charge in [-0.05, 0) is 61.3 Å². The highest BCUT2D eigenvalue weighted by Crippen LogP contribution is 2.40. The van der Waals surface area contributed by atoms with E-state index >= 15 is 0 Å². The minimum Gasteiger partial charge on any atom is -0.496 e. The number of rotatable bonds is 4. The summed E-state index contributed by atoms with van der Waals surface area (Å²) in [5, 5.41) is 7.57. The van der Waals surface area contributed by atoms with Crippen LogP contribution in [0.15, 0.2) is 36.5 Å². The summed E-state index contributed by atoms with van der Waals surface area (Å²) >= 11 is 0. The van der Waals surface area contributed by atoms with Gasteiger partial charge in [0.1, 0.15) is 23.0 Å². The van der Waals surface area contributed by atoms with Crippen molar-refractivity contribution in [3.8, 4) is 18.6 Å². The Bertz CT molecular complexity index is 1030. The molecule has 0 N–H and O–H groups in total. The SMILES string of the molecule is C#C.COc1ccn2c(CC3CC3)nnc2c1C(F)(F)F.Fc1ccc(C2CC2)cc1. The number of halogens is 4. The fourth-order valence-electron chi connectivity index (χ4n) is 3.29. The lowest BCUT2D eigenvalue weighted by atomic mass is 10.1. The first kappa shape index (κ1) is 22.6. The van der Waals surface area contributed by atoms with Gasteiger partial charge in [0.05, 0.1) is 7.11 Å². The molecule has 1 aromatic carbocycles. The quantitative estimate of drug-likeness (QED) is 0.394. The standard InChI is InChI=1S/C12H12F3N3O.C9H9F.C2H2/c1-19-8-4-5-18-9(6-7-2-3-7)16-17-11(18)10(8)12(13,14)15;10-9-5-3-8(4-6-9)7-1-2-7;1-2/h4-5,7H,2-3,6H2,1H3;3-7H,1-2H2;1-2H. The summed E-state index contributed by atoms with van der Waals surface area (Å²) in [4.78, 5) is 0. The zero-order chi connectivity index (χ0) is 22.6. The van der Waals surface area contributed by atoms with Crippen molar-refractivity contribution in [2.24, 2.45) is 5.92 Å². The summed E-state index contributed by atoms with van der Waals surface area (Å²) in [5.74, 6) is 1.48. The van der Waals surface area contributed by atoms with Crippen LogP contribution in [-0.2, 0) is 12.6 Å². The molecule has 0 unspecified atom stereocenters. The van der Waals surface area contributed by atoms with Gasteiger partial charge in [0.2, 0.25) is 0 Å². The predicted octanol–water partition coefficient (Wildman–Crippen LogP) is 5.66. The molecule has 0 saturated heterocycles. The Labute approximate surface area is 178 Å². The van der Waals surface area contributed by atoms with Crippen LogP contribution in [0.5, 0.6) is 5.75 Å². The van der Waals surface area contributed by atoms with Crippen molar-refractivity contribution >= 4 is 5.65 Å². The van der Waals surface area contributed by atoms with E-state index in [1.54, 1.807) is 0 Å². The molecule has 2 aliphatic rings. The number of ether oxygens (including phenoxy) is 1. The fourth-order valence-corrected chi connectivity index (χ4v) is 3.29. The molecular formula is C23H23F4N3O. The highest BCUT2D eigenvalue weighted by molar-refractivity contribution is 5.56. The third kappa shape index (κ3) is 5.54. The summed E-state index contributed by atoms with van der Waals surface area (Å²) in [6.45, 7) is 0. The Hall–Kier alpha value is -3.08. The van der Waals surface area contributed by atoms with Crippen molar-refractivity contribution < 1.29 is 22.3 Å². The van der Waals surface area contributed by atoms with Gasteiger partial charge >= 0.3 is 6.18 Å². The summed E-state index contributed by atoms with van der Waals surface area (Å²) in [5.41, 5.74) is 0.232. The Morgan fingerprint density at radius 1 is 1.03 bits per heavy atom. The van der Waals surface area contributed by atoms with Crippen LogP contribution < -0.4 is 4.74 Å². The van der Waals surface area contributed by atoms with Crippen LogP contribution in [0.4, 0.5) is 17.6 Å². The first-order chi connectivity index (χ1) is 14.9. The number of methoxy groups -OCH3 is 1. The number of terminal acetylenes is 1. The number of pyridine rings is 1. The zero-order valence-electron chi connectivity index (χ0n) is 17.1. The molecule has 31 heavy (non-hydrogen) atoms. The Kier molecular flexibility index (Phi) is 6.84. The van der Waals surface area contributed by atoms with Crippen molar-refractivity contribution in [1.82, 2.24) is 14.6 Å². The van der Waals surface area contributed by atoms with Crippen molar-refractivity contribution in [3.63, 3.8) is 0 Å². The van der Waals surface area contributed by atoms with Gasteiger partial charge in [-0.15, -0.1) is 23.0 Å². The molecule has 2 aliphatic carbocycles. The van der Waals surface area contributed by atoms with Crippen LogP contribution in [-0.4, -0.2) is 21.7 Å². The monoisotopic (exact) mass is 433 g/mol. The van der Waals surface area contributed by atoms with Crippen molar-refractivity contribution in [3.05, 3.63) is 59.3 Å². The fraction of sp³-hybridized carbons (Fsp3) is 0.391. The van der Waals surface area contributed by atoms with E-state index < -0.39 is 11.7 Å². The number of hydrogen-bond donors (Lipinski definition) is 0. The Morgan fingerprint density at radius 3 is 2.19 bits per heavy atom. The lowest BCUT2D eigenvalue weighted by Crippen LogP contribution is -2.10. The first-order valence-electron chi connectivity index (χ1n) is 9.93. The number of hydrogen-bond acceptors (Lipinski definition) is 3. The molecule has 0 amide bonds. The van der Waals surface area contributed by atoms with E-state index in [0.717, 1.165) is 18.8 Å².